The van der Waals surface area contributed by atoms with Gasteiger partial charge < -0.3 is 9.84 Å². The van der Waals surface area contributed by atoms with Crippen LogP contribution in [0.25, 0.3) is 0 Å². The second-order valence-corrected chi connectivity index (χ2v) is 4.81. The van der Waals surface area contributed by atoms with E-state index in [4.69, 9.17) is 21.6 Å². The van der Waals surface area contributed by atoms with Crippen LogP contribution in [0.4, 0.5) is 0 Å². The summed E-state index contributed by atoms with van der Waals surface area (Å²) in [5.74, 6) is -0.187. The number of carbonyl (C=O) groups is 1. The summed E-state index contributed by atoms with van der Waals surface area (Å²) >= 11 is 5.78. The van der Waals surface area contributed by atoms with Gasteiger partial charge in [-0.2, -0.15) is 10.4 Å². The highest BCUT2D eigenvalue weighted by Gasteiger charge is 2.10. The van der Waals surface area contributed by atoms with Gasteiger partial charge in [-0.1, -0.05) is 11.6 Å². The Morgan fingerprint density at radius 2 is 2.09 bits per heavy atom. The molecule has 0 atom stereocenters. The molecule has 2 aromatic rings. The third kappa shape index (κ3) is 4.73. The lowest BCUT2D eigenvalue weighted by atomic mass is 10.2. The first kappa shape index (κ1) is 16.3. The largest absolute Gasteiger partial charge is 0.507 e. The second-order valence-electron chi connectivity index (χ2n) is 4.38. The van der Waals surface area contributed by atoms with Crippen LogP contribution in [0.1, 0.15) is 15.9 Å². The lowest BCUT2D eigenvalue weighted by Gasteiger charge is -2.03. The SMILES string of the molecule is N#CCOc1ccc(/C=N\NC(=O)c2cc(Cl)ccc2O)cc1. The highest BCUT2D eigenvalue weighted by molar-refractivity contribution is 6.31. The van der Waals surface area contributed by atoms with Gasteiger partial charge in [0.1, 0.15) is 17.6 Å². The first-order valence-electron chi connectivity index (χ1n) is 6.52. The molecule has 23 heavy (non-hydrogen) atoms. The van der Waals surface area contributed by atoms with Crippen molar-refractivity contribution in [2.24, 2.45) is 5.10 Å². The molecule has 2 rings (SSSR count). The number of hydrogen-bond acceptors (Lipinski definition) is 5. The highest BCUT2D eigenvalue weighted by Crippen LogP contribution is 2.21. The fourth-order valence-electron chi connectivity index (χ4n) is 1.68. The van der Waals surface area contributed by atoms with Gasteiger partial charge in [-0.3, -0.25) is 4.79 Å². The van der Waals surface area contributed by atoms with Crippen LogP contribution < -0.4 is 10.2 Å². The number of benzene rings is 2. The zero-order valence-electron chi connectivity index (χ0n) is 11.9. The summed E-state index contributed by atoms with van der Waals surface area (Å²) in [5.41, 5.74) is 3.07. The van der Waals surface area contributed by atoms with E-state index < -0.39 is 5.91 Å². The summed E-state index contributed by atoms with van der Waals surface area (Å²) in [6.45, 7) is -0.0212. The number of amides is 1. The average Bonchev–Trinajstić information content (AvgIpc) is 2.56. The summed E-state index contributed by atoms with van der Waals surface area (Å²) in [5, 5.41) is 22.2. The molecule has 0 bridgehead atoms. The van der Waals surface area contributed by atoms with Crippen LogP contribution in [0.15, 0.2) is 47.6 Å². The third-order valence-electron chi connectivity index (χ3n) is 2.77. The molecule has 0 aliphatic heterocycles. The predicted molar refractivity (Wildman–Crippen MR) is 85.7 cm³/mol. The van der Waals surface area contributed by atoms with Gasteiger partial charge in [0.05, 0.1) is 11.8 Å². The smallest absolute Gasteiger partial charge is 0.275 e. The maximum Gasteiger partial charge on any atom is 0.275 e. The second kappa shape index (κ2) is 7.82. The Labute approximate surface area is 137 Å². The van der Waals surface area contributed by atoms with Crippen molar-refractivity contribution >= 4 is 23.7 Å². The Morgan fingerprint density at radius 3 is 2.78 bits per heavy atom. The number of halogens is 1. The summed E-state index contributed by atoms with van der Waals surface area (Å²) in [6.07, 6.45) is 1.44. The van der Waals surface area contributed by atoms with Gasteiger partial charge >= 0.3 is 0 Å². The molecule has 7 heteroatoms. The zero-order chi connectivity index (χ0) is 16.7. The van der Waals surface area contributed by atoms with E-state index in [1.165, 1.54) is 24.4 Å². The minimum Gasteiger partial charge on any atom is -0.507 e. The van der Waals surface area contributed by atoms with Crippen LogP contribution in [0.3, 0.4) is 0 Å². The van der Waals surface area contributed by atoms with E-state index in [1.807, 2.05) is 6.07 Å². The van der Waals surface area contributed by atoms with E-state index in [9.17, 15) is 9.90 Å². The van der Waals surface area contributed by atoms with Crippen molar-refractivity contribution in [1.82, 2.24) is 5.43 Å². The van der Waals surface area contributed by atoms with Gasteiger partial charge in [0.2, 0.25) is 0 Å². The molecule has 0 aromatic heterocycles. The number of hydrogen-bond donors (Lipinski definition) is 2. The number of nitrogens with zero attached hydrogens (tertiary/aromatic N) is 2. The molecule has 0 saturated heterocycles. The molecule has 0 radical (unpaired) electrons. The van der Waals surface area contributed by atoms with Gasteiger partial charge in [-0.25, -0.2) is 5.43 Å². The van der Waals surface area contributed by atoms with Crippen molar-refractivity contribution in [3.63, 3.8) is 0 Å². The van der Waals surface area contributed by atoms with Crippen LogP contribution in [0.2, 0.25) is 5.02 Å². The average molecular weight is 330 g/mol. The van der Waals surface area contributed by atoms with E-state index >= 15 is 0 Å². The molecular formula is C16H12ClN3O3. The molecule has 0 heterocycles. The number of carbonyl (C=O) groups excluding carboxylic acids is 1. The van der Waals surface area contributed by atoms with E-state index in [-0.39, 0.29) is 17.9 Å². The zero-order valence-corrected chi connectivity index (χ0v) is 12.6. The lowest BCUT2D eigenvalue weighted by Crippen LogP contribution is -2.17. The maximum absolute atomic E-state index is 11.9. The summed E-state index contributed by atoms with van der Waals surface area (Å²) in [7, 11) is 0. The summed E-state index contributed by atoms with van der Waals surface area (Å²) in [4.78, 5) is 11.9. The summed E-state index contributed by atoms with van der Waals surface area (Å²) < 4.78 is 5.12. The van der Waals surface area contributed by atoms with Crippen molar-refractivity contribution in [2.75, 3.05) is 6.61 Å². The number of hydrazone groups is 1. The predicted octanol–water partition coefficient (Wildman–Crippen LogP) is 2.71. The Bertz CT molecular complexity index is 767. The highest BCUT2D eigenvalue weighted by atomic mass is 35.5. The molecule has 116 valence electrons. The number of rotatable bonds is 5. The number of aromatic hydroxyl groups is 1. The van der Waals surface area contributed by atoms with Crippen LogP contribution >= 0.6 is 11.6 Å². The van der Waals surface area contributed by atoms with Crippen molar-refractivity contribution in [2.45, 2.75) is 0 Å². The van der Waals surface area contributed by atoms with Gasteiger partial charge in [0.25, 0.3) is 5.91 Å². The van der Waals surface area contributed by atoms with Crippen molar-refractivity contribution in [1.29, 1.82) is 5.26 Å². The molecule has 2 aromatic carbocycles. The third-order valence-corrected chi connectivity index (χ3v) is 3.00. The standard InChI is InChI=1S/C16H12ClN3O3/c17-12-3-6-15(21)14(9-12)16(22)20-19-10-11-1-4-13(5-2-11)23-8-7-18/h1-6,9-10,21H,8H2,(H,20,22)/b19-10-. The van der Waals surface area contributed by atoms with Crippen LogP contribution in [-0.2, 0) is 0 Å². The topological polar surface area (TPSA) is 94.7 Å². The first-order chi connectivity index (χ1) is 11.1. The quantitative estimate of drug-likeness (QED) is 0.651. The van der Waals surface area contributed by atoms with Crippen LogP contribution in [0.5, 0.6) is 11.5 Å². The molecule has 1 amide bonds. The molecular weight excluding hydrogens is 318 g/mol. The van der Waals surface area contributed by atoms with E-state index in [0.29, 0.717) is 10.8 Å². The Hall–Kier alpha value is -3.04. The van der Waals surface area contributed by atoms with Crippen LogP contribution in [-0.4, -0.2) is 23.8 Å². The van der Waals surface area contributed by atoms with E-state index in [1.54, 1.807) is 24.3 Å². The van der Waals surface area contributed by atoms with Gasteiger partial charge in [-0.05, 0) is 48.0 Å². The number of phenolic OH excluding ortho intramolecular Hbond substituents is 1. The van der Waals surface area contributed by atoms with Gasteiger partial charge in [0, 0.05) is 5.02 Å². The molecule has 2 N–H and O–H groups in total. The number of phenols is 1. The molecule has 0 aliphatic carbocycles. The minimum atomic E-state index is -0.574. The van der Waals surface area contributed by atoms with Gasteiger partial charge in [0.15, 0.2) is 6.61 Å². The first-order valence-corrected chi connectivity index (χ1v) is 6.89. The lowest BCUT2D eigenvalue weighted by molar-refractivity contribution is 0.0952. The van der Waals surface area contributed by atoms with Crippen LogP contribution in [0, 0.1) is 11.3 Å². The van der Waals surface area contributed by atoms with Gasteiger partial charge in [-0.15, -0.1) is 0 Å². The Balaban J connectivity index is 1.97. The molecule has 0 fully saturated rings. The number of nitriles is 1. The maximum atomic E-state index is 11.9. The minimum absolute atomic E-state index is 0.0212. The monoisotopic (exact) mass is 329 g/mol. The van der Waals surface area contributed by atoms with E-state index in [0.717, 1.165) is 5.56 Å². The molecule has 0 unspecified atom stereocenters. The molecule has 0 aliphatic rings. The van der Waals surface area contributed by atoms with Crippen molar-refractivity contribution in [3.05, 3.63) is 58.6 Å². The number of nitrogens with one attached hydrogen (secondary N) is 1. The summed E-state index contributed by atoms with van der Waals surface area (Å²) in [6, 6.07) is 12.8. The molecule has 0 spiro atoms. The fraction of sp³-hybridized carbons (Fsp3) is 0.0625. The van der Waals surface area contributed by atoms with Crippen molar-refractivity contribution in [3.8, 4) is 17.6 Å². The normalized spacial score (nSPS) is 10.3. The number of ether oxygens (including phenoxy) is 1. The fourth-order valence-corrected chi connectivity index (χ4v) is 1.85. The van der Waals surface area contributed by atoms with Crippen molar-refractivity contribution < 1.29 is 14.6 Å². The molecule has 6 nitrogen and oxygen atoms in total. The van der Waals surface area contributed by atoms with E-state index in [2.05, 4.69) is 10.5 Å². The Morgan fingerprint density at radius 1 is 1.35 bits per heavy atom. The molecule has 0 saturated carbocycles. The Kier molecular flexibility index (Phi) is 5.56.